The summed E-state index contributed by atoms with van der Waals surface area (Å²) in [6, 6.07) is 21.7. The highest BCUT2D eigenvalue weighted by molar-refractivity contribution is 5.80. The average Bonchev–Trinajstić information content (AvgIpc) is 3.45. The van der Waals surface area contributed by atoms with Gasteiger partial charge in [0, 0.05) is 13.1 Å². The molecule has 0 aliphatic carbocycles. The number of carbonyl (C=O) groups is 1. The quantitative estimate of drug-likeness (QED) is 0.466. The Morgan fingerprint density at radius 3 is 2.65 bits per heavy atom. The van der Waals surface area contributed by atoms with E-state index in [1.54, 1.807) is 17.0 Å². The molecule has 1 aliphatic heterocycles. The van der Waals surface area contributed by atoms with Crippen LogP contribution in [0.15, 0.2) is 77.2 Å². The summed E-state index contributed by atoms with van der Waals surface area (Å²) in [5, 5.41) is 3.00. The summed E-state index contributed by atoms with van der Waals surface area (Å²) in [5.41, 5.74) is 4.32. The fourth-order valence-corrected chi connectivity index (χ4v) is 4.05. The molecular weight excluding hydrogens is 393 g/mol. The molecule has 2 amide bonds. The van der Waals surface area contributed by atoms with Gasteiger partial charge in [0.1, 0.15) is 17.4 Å². The Bertz CT molecular complexity index is 1200. The molecule has 1 N–H and O–H groups in total. The van der Waals surface area contributed by atoms with Crippen LogP contribution in [0.5, 0.6) is 0 Å². The van der Waals surface area contributed by atoms with E-state index in [1.807, 2.05) is 48.5 Å². The van der Waals surface area contributed by atoms with Gasteiger partial charge in [0.25, 0.3) is 0 Å². The first-order valence-electron chi connectivity index (χ1n) is 10.4. The van der Waals surface area contributed by atoms with E-state index in [-0.39, 0.29) is 17.9 Å². The van der Waals surface area contributed by atoms with Gasteiger partial charge in [-0.1, -0.05) is 48.5 Å². The summed E-state index contributed by atoms with van der Waals surface area (Å²) in [6.45, 7) is 1.16. The number of oxazole rings is 1. The lowest BCUT2D eigenvalue weighted by Crippen LogP contribution is -2.39. The molecule has 0 radical (unpaired) electrons. The molecule has 0 spiro atoms. The molecule has 31 heavy (non-hydrogen) atoms. The van der Waals surface area contributed by atoms with Crippen LogP contribution >= 0.6 is 0 Å². The number of nitrogens with one attached hydrogen (secondary N) is 1. The Balaban J connectivity index is 1.35. The van der Waals surface area contributed by atoms with Crippen molar-refractivity contribution in [2.24, 2.45) is 0 Å². The maximum Gasteiger partial charge on any atom is 0.318 e. The standard InChI is InChI=1S/C25H22FN3O2/c26-20-11-8-18(9-12-20)19-10-13-23-21(15-19)28-24(31-23)22-7-4-14-29(22)25(30)27-16-17-5-2-1-3-6-17/h1-3,5-6,8-13,15,22H,4,7,14,16H2,(H,27,30). The zero-order chi connectivity index (χ0) is 21.2. The Morgan fingerprint density at radius 2 is 1.84 bits per heavy atom. The van der Waals surface area contributed by atoms with Gasteiger partial charge in [0.15, 0.2) is 5.58 Å². The van der Waals surface area contributed by atoms with Crippen molar-refractivity contribution in [2.45, 2.75) is 25.4 Å². The molecule has 156 valence electrons. The summed E-state index contributed by atoms with van der Waals surface area (Å²) in [6.07, 6.45) is 1.72. The number of hydrogen-bond donors (Lipinski definition) is 1. The van der Waals surface area contributed by atoms with E-state index in [1.165, 1.54) is 12.1 Å². The summed E-state index contributed by atoms with van der Waals surface area (Å²) < 4.78 is 19.2. The second-order valence-corrected chi connectivity index (χ2v) is 7.74. The van der Waals surface area contributed by atoms with Crippen molar-refractivity contribution in [1.29, 1.82) is 0 Å². The molecule has 0 saturated carbocycles. The summed E-state index contributed by atoms with van der Waals surface area (Å²) in [4.78, 5) is 19.3. The number of halogens is 1. The van der Waals surface area contributed by atoms with Gasteiger partial charge in [-0.3, -0.25) is 0 Å². The third-order valence-electron chi connectivity index (χ3n) is 5.67. The van der Waals surface area contributed by atoms with Crippen molar-refractivity contribution >= 4 is 17.1 Å². The smallest absolute Gasteiger partial charge is 0.318 e. The summed E-state index contributed by atoms with van der Waals surface area (Å²) in [5.74, 6) is 0.291. The van der Waals surface area contributed by atoms with Crippen LogP contribution in [0, 0.1) is 5.82 Å². The maximum atomic E-state index is 13.2. The first-order valence-corrected chi connectivity index (χ1v) is 10.4. The van der Waals surface area contributed by atoms with E-state index in [4.69, 9.17) is 4.42 Å². The van der Waals surface area contributed by atoms with Crippen LogP contribution < -0.4 is 5.32 Å². The maximum absolute atomic E-state index is 13.2. The molecule has 1 saturated heterocycles. The third kappa shape index (κ3) is 4.01. The van der Waals surface area contributed by atoms with E-state index in [9.17, 15) is 9.18 Å². The number of benzene rings is 3. The number of likely N-dealkylation sites (tertiary alicyclic amines) is 1. The van der Waals surface area contributed by atoms with Gasteiger partial charge in [0.2, 0.25) is 5.89 Å². The second kappa shape index (κ2) is 8.22. The molecular formula is C25H22FN3O2. The second-order valence-electron chi connectivity index (χ2n) is 7.74. The van der Waals surface area contributed by atoms with Crippen LogP contribution in [-0.4, -0.2) is 22.5 Å². The lowest BCUT2D eigenvalue weighted by Gasteiger charge is -2.22. The fourth-order valence-electron chi connectivity index (χ4n) is 4.05. The van der Waals surface area contributed by atoms with Crippen molar-refractivity contribution in [3.63, 3.8) is 0 Å². The highest BCUT2D eigenvalue weighted by Crippen LogP contribution is 2.34. The molecule has 3 aromatic carbocycles. The highest BCUT2D eigenvalue weighted by atomic mass is 19.1. The van der Waals surface area contributed by atoms with Gasteiger partial charge < -0.3 is 14.6 Å². The lowest BCUT2D eigenvalue weighted by atomic mass is 10.1. The van der Waals surface area contributed by atoms with E-state index >= 15 is 0 Å². The highest BCUT2D eigenvalue weighted by Gasteiger charge is 2.33. The zero-order valence-corrected chi connectivity index (χ0v) is 16.9. The Morgan fingerprint density at radius 1 is 1.06 bits per heavy atom. The van der Waals surface area contributed by atoms with Crippen molar-refractivity contribution in [2.75, 3.05) is 6.54 Å². The van der Waals surface area contributed by atoms with Gasteiger partial charge in [-0.25, -0.2) is 14.2 Å². The number of aromatic nitrogens is 1. The molecule has 5 nitrogen and oxygen atoms in total. The number of fused-ring (bicyclic) bond motifs is 1. The molecule has 4 aromatic rings. The fraction of sp³-hybridized carbons (Fsp3) is 0.200. The minimum atomic E-state index is -0.264. The number of carbonyl (C=O) groups excluding carboxylic acids is 1. The van der Waals surface area contributed by atoms with Gasteiger partial charge >= 0.3 is 6.03 Å². The van der Waals surface area contributed by atoms with Crippen molar-refractivity contribution in [1.82, 2.24) is 15.2 Å². The molecule has 1 aliphatic rings. The van der Waals surface area contributed by atoms with Gasteiger partial charge in [0.05, 0.1) is 0 Å². The largest absolute Gasteiger partial charge is 0.438 e. The van der Waals surface area contributed by atoms with Crippen LogP contribution in [-0.2, 0) is 6.54 Å². The average molecular weight is 415 g/mol. The predicted molar refractivity (Wildman–Crippen MR) is 117 cm³/mol. The van der Waals surface area contributed by atoms with Crippen LogP contribution in [0.2, 0.25) is 0 Å². The van der Waals surface area contributed by atoms with Crippen molar-refractivity contribution < 1.29 is 13.6 Å². The molecule has 1 aromatic heterocycles. The number of nitrogens with zero attached hydrogens (tertiary/aromatic N) is 2. The minimum absolute atomic E-state index is 0.111. The predicted octanol–water partition coefficient (Wildman–Crippen LogP) is 5.68. The van der Waals surface area contributed by atoms with Gasteiger partial charge in [-0.05, 0) is 53.8 Å². The molecule has 0 bridgehead atoms. The van der Waals surface area contributed by atoms with Crippen LogP contribution in [0.25, 0.3) is 22.2 Å². The number of urea groups is 1. The third-order valence-corrected chi connectivity index (χ3v) is 5.67. The molecule has 1 fully saturated rings. The summed E-state index contributed by atoms with van der Waals surface area (Å²) in [7, 11) is 0. The summed E-state index contributed by atoms with van der Waals surface area (Å²) >= 11 is 0. The van der Waals surface area contributed by atoms with Crippen LogP contribution in [0.1, 0.15) is 30.3 Å². The normalized spacial score (nSPS) is 16.0. The Labute approximate surface area is 179 Å². The molecule has 1 unspecified atom stereocenters. The monoisotopic (exact) mass is 415 g/mol. The number of rotatable bonds is 4. The topological polar surface area (TPSA) is 58.4 Å². The van der Waals surface area contributed by atoms with Crippen LogP contribution in [0.4, 0.5) is 9.18 Å². The minimum Gasteiger partial charge on any atom is -0.438 e. The first kappa shape index (κ1) is 19.3. The first-order chi connectivity index (χ1) is 15.2. The van der Waals surface area contributed by atoms with Crippen LogP contribution in [0.3, 0.4) is 0 Å². The SMILES string of the molecule is O=C(NCc1ccccc1)N1CCCC1c1nc2cc(-c3ccc(F)cc3)ccc2o1. The van der Waals surface area contributed by atoms with Gasteiger partial charge in [-0.2, -0.15) is 0 Å². The zero-order valence-electron chi connectivity index (χ0n) is 16.9. The Kier molecular flexibility index (Phi) is 5.12. The van der Waals surface area contributed by atoms with E-state index in [2.05, 4.69) is 10.3 Å². The van der Waals surface area contributed by atoms with E-state index in [0.717, 1.165) is 35.0 Å². The molecule has 5 rings (SSSR count). The molecule has 6 heteroatoms. The number of hydrogen-bond acceptors (Lipinski definition) is 3. The lowest BCUT2D eigenvalue weighted by molar-refractivity contribution is 0.184. The van der Waals surface area contributed by atoms with Crippen molar-refractivity contribution in [3.05, 3.63) is 90.1 Å². The van der Waals surface area contributed by atoms with E-state index in [0.29, 0.717) is 24.6 Å². The molecule has 2 heterocycles. The Hall–Kier alpha value is -3.67. The van der Waals surface area contributed by atoms with Gasteiger partial charge in [-0.15, -0.1) is 0 Å². The van der Waals surface area contributed by atoms with Crippen molar-refractivity contribution in [3.8, 4) is 11.1 Å². The van der Waals surface area contributed by atoms with E-state index < -0.39 is 0 Å². The number of amides is 2. The molecule has 1 atom stereocenters.